The third-order valence-electron chi connectivity index (χ3n) is 2.41. The highest BCUT2D eigenvalue weighted by atomic mass is 79.9. The van der Waals surface area contributed by atoms with Crippen molar-refractivity contribution in [3.05, 3.63) is 69.7 Å². The smallest absolute Gasteiger partial charge is 0.128 e. The summed E-state index contributed by atoms with van der Waals surface area (Å²) in [6, 6.07) is 10.9. The van der Waals surface area contributed by atoms with E-state index in [1.54, 1.807) is 0 Å². The van der Waals surface area contributed by atoms with Crippen LogP contribution in [0.15, 0.2) is 46.9 Å². The van der Waals surface area contributed by atoms with Crippen molar-refractivity contribution in [3.8, 4) is 0 Å². The van der Waals surface area contributed by atoms with Crippen LogP contribution in [-0.4, -0.2) is 0 Å². The van der Waals surface area contributed by atoms with E-state index in [-0.39, 0.29) is 10.4 Å². The average molecular weight is 362 g/mol. The Morgan fingerprint density at radius 2 is 1.65 bits per heavy atom. The zero-order valence-electron chi connectivity index (χ0n) is 8.63. The molecule has 88 valence electrons. The van der Waals surface area contributed by atoms with E-state index in [9.17, 15) is 8.78 Å². The summed E-state index contributed by atoms with van der Waals surface area (Å²) < 4.78 is 27.6. The maximum Gasteiger partial charge on any atom is 0.128 e. The first kappa shape index (κ1) is 12.7. The number of halogens is 4. The normalized spacial score (nSPS) is 12.5. The van der Waals surface area contributed by atoms with Gasteiger partial charge in [0.25, 0.3) is 0 Å². The van der Waals surface area contributed by atoms with Crippen LogP contribution < -0.4 is 0 Å². The summed E-state index contributed by atoms with van der Waals surface area (Å²) in [4.78, 5) is -0.381. The maximum atomic E-state index is 13.6. The number of rotatable bonds is 2. The van der Waals surface area contributed by atoms with Crippen molar-refractivity contribution in [1.82, 2.24) is 0 Å². The molecule has 4 heteroatoms. The Balaban J connectivity index is 2.47. The van der Waals surface area contributed by atoms with Crippen LogP contribution in [0, 0.1) is 11.6 Å². The van der Waals surface area contributed by atoms with Crippen LogP contribution in [-0.2, 0) is 0 Å². The second kappa shape index (κ2) is 5.27. The molecule has 0 fully saturated rings. The van der Waals surface area contributed by atoms with Crippen molar-refractivity contribution in [3.63, 3.8) is 0 Å². The van der Waals surface area contributed by atoms with Gasteiger partial charge in [0.2, 0.25) is 0 Å². The highest BCUT2D eigenvalue weighted by Gasteiger charge is 2.17. The first-order valence-electron chi connectivity index (χ1n) is 4.93. The molecule has 0 nitrogen and oxygen atoms in total. The second-order valence-electron chi connectivity index (χ2n) is 3.55. The molecule has 0 aromatic heterocycles. The fourth-order valence-corrected chi connectivity index (χ4v) is 3.13. The van der Waals surface area contributed by atoms with Crippen molar-refractivity contribution >= 4 is 31.9 Å². The van der Waals surface area contributed by atoms with Gasteiger partial charge in [-0.3, -0.25) is 0 Å². The molecule has 2 rings (SSSR count). The second-order valence-corrected chi connectivity index (χ2v) is 5.32. The van der Waals surface area contributed by atoms with Crippen LogP contribution in [0.1, 0.15) is 16.0 Å². The van der Waals surface area contributed by atoms with E-state index in [2.05, 4.69) is 31.9 Å². The number of hydrogen-bond acceptors (Lipinski definition) is 0. The molecule has 2 aromatic carbocycles. The quantitative estimate of drug-likeness (QED) is 0.644. The summed E-state index contributed by atoms with van der Waals surface area (Å²) >= 11 is 6.78. The molecule has 0 saturated heterocycles. The van der Waals surface area contributed by atoms with Gasteiger partial charge in [0.15, 0.2) is 0 Å². The van der Waals surface area contributed by atoms with Crippen molar-refractivity contribution < 1.29 is 8.78 Å². The number of alkyl halides is 1. The lowest BCUT2D eigenvalue weighted by molar-refractivity contribution is 0.588. The Bertz CT molecular complexity index is 541. The standard InChI is InChI=1S/C13H8Br2F2/c14-11-4-2-1-3-9(11)13(15)10-7-8(16)5-6-12(10)17/h1-7,13H. The summed E-state index contributed by atoms with van der Waals surface area (Å²) in [5.41, 5.74) is 1.15. The van der Waals surface area contributed by atoms with E-state index in [1.165, 1.54) is 6.07 Å². The molecular weight excluding hydrogens is 354 g/mol. The predicted octanol–water partition coefficient (Wildman–Crippen LogP) is 5.21. The molecular formula is C13H8Br2F2. The van der Waals surface area contributed by atoms with E-state index < -0.39 is 11.6 Å². The van der Waals surface area contributed by atoms with Crippen LogP contribution in [0.5, 0.6) is 0 Å². The molecule has 0 N–H and O–H groups in total. The van der Waals surface area contributed by atoms with Crippen LogP contribution in [0.25, 0.3) is 0 Å². The summed E-state index contributed by atoms with van der Waals surface area (Å²) in [5.74, 6) is -0.873. The SMILES string of the molecule is Fc1ccc(F)c(C(Br)c2ccccc2Br)c1. The lowest BCUT2D eigenvalue weighted by atomic mass is 10.0. The average Bonchev–Trinajstić information content (AvgIpc) is 2.32. The predicted molar refractivity (Wildman–Crippen MR) is 71.3 cm³/mol. The molecule has 0 aliphatic carbocycles. The monoisotopic (exact) mass is 360 g/mol. The molecule has 0 aliphatic rings. The van der Waals surface area contributed by atoms with Gasteiger partial charge in [0.05, 0.1) is 4.83 Å². The zero-order valence-corrected chi connectivity index (χ0v) is 11.8. The Hall–Kier alpha value is -0.740. The summed E-state index contributed by atoms with van der Waals surface area (Å²) in [7, 11) is 0. The first-order chi connectivity index (χ1) is 8.09. The van der Waals surface area contributed by atoms with Gasteiger partial charge in [-0.25, -0.2) is 8.78 Å². The summed E-state index contributed by atoms with van der Waals surface area (Å²) in [6.45, 7) is 0. The minimum Gasteiger partial charge on any atom is -0.207 e. The Morgan fingerprint density at radius 3 is 2.35 bits per heavy atom. The minimum atomic E-state index is -0.446. The molecule has 0 aliphatic heterocycles. The molecule has 2 aromatic rings. The largest absolute Gasteiger partial charge is 0.207 e. The van der Waals surface area contributed by atoms with E-state index in [1.807, 2.05) is 24.3 Å². The van der Waals surface area contributed by atoms with Crippen LogP contribution in [0.3, 0.4) is 0 Å². The van der Waals surface area contributed by atoms with Gasteiger partial charge in [0.1, 0.15) is 11.6 Å². The number of hydrogen-bond donors (Lipinski definition) is 0. The van der Waals surface area contributed by atoms with E-state index >= 15 is 0 Å². The Morgan fingerprint density at radius 1 is 0.941 bits per heavy atom. The lowest BCUT2D eigenvalue weighted by Gasteiger charge is -2.13. The fraction of sp³-hybridized carbons (Fsp3) is 0.0769. The lowest BCUT2D eigenvalue weighted by Crippen LogP contribution is -1.98. The van der Waals surface area contributed by atoms with Gasteiger partial charge < -0.3 is 0 Å². The van der Waals surface area contributed by atoms with Gasteiger partial charge >= 0.3 is 0 Å². The first-order valence-corrected chi connectivity index (χ1v) is 6.64. The molecule has 1 atom stereocenters. The van der Waals surface area contributed by atoms with Gasteiger partial charge in [-0.15, -0.1) is 0 Å². The van der Waals surface area contributed by atoms with E-state index in [0.717, 1.165) is 22.2 Å². The van der Waals surface area contributed by atoms with Crippen LogP contribution >= 0.6 is 31.9 Å². The molecule has 17 heavy (non-hydrogen) atoms. The third kappa shape index (κ3) is 2.75. The molecule has 0 saturated carbocycles. The zero-order chi connectivity index (χ0) is 12.4. The Labute approximate surface area is 115 Å². The van der Waals surface area contributed by atoms with Gasteiger partial charge in [-0.1, -0.05) is 50.1 Å². The van der Waals surface area contributed by atoms with Gasteiger partial charge in [-0.2, -0.15) is 0 Å². The van der Waals surface area contributed by atoms with Crippen molar-refractivity contribution in [1.29, 1.82) is 0 Å². The topological polar surface area (TPSA) is 0 Å². The minimum absolute atomic E-state index is 0.289. The number of benzene rings is 2. The summed E-state index contributed by atoms with van der Waals surface area (Å²) in [5, 5.41) is 0. The molecule has 1 unspecified atom stereocenters. The highest BCUT2D eigenvalue weighted by molar-refractivity contribution is 9.11. The van der Waals surface area contributed by atoms with E-state index in [0.29, 0.717) is 0 Å². The van der Waals surface area contributed by atoms with Crippen molar-refractivity contribution in [2.75, 3.05) is 0 Å². The molecule has 0 radical (unpaired) electrons. The fourth-order valence-electron chi connectivity index (χ4n) is 1.56. The molecule has 0 bridgehead atoms. The highest BCUT2D eigenvalue weighted by Crippen LogP contribution is 2.36. The van der Waals surface area contributed by atoms with Crippen molar-refractivity contribution in [2.45, 2.75) is 4.83 Å². The summed E-state index contributed by atoms with van der Waals surface area (Å²) in [6.07, 6.45) is 0. The Kier molecular flexibility index (Phi) is 3.94. The van der Waals surface area contributed by atoms with Crippen LogP contribution in [0.2, 0.25) is 0 Å². The van der Waals surface area contributed by atoms with Crippen molar-refractivity contribution in [2.24, 2.45) is 0 Å². The molecule has 0 heterocycles. The maximum absolute atomic E-state index is 13.6. The third-order valence-corrected chi connectivity index (χ3v) is 4.12. The van der Waals surface area contributed by atoms with Gasteiger partial charge in [-0.05, 0) is 29.8 Å². The molecule has 0 spiro atoms. The van der Waals surface area contributed by atoms with Crippen LogP contribution in [0.4, 0.5) is 8.78 Å². The molecule has 0 amide bonds. The van der Waals surface area contributed by atoms with E-state index in [4.69, 9.17) is 0 Å². The van der Waals surface area contributed by atoms with Gasteiger partial charge in [0, 0.05) is 10.0 Å².